The predicted molar refractivity (Wildman–Crippen MR) is 86.2 cm³/mol. The molecule has 0 unspecified atom stereocenters. The summed E-state index contributed by atoms with van der Waals surface area (Å²) in [7, 11) is 0. The Labute approximate surface area is 130 Å². The van der Waals surface area contributed by atoms with Gasteiger partial charge in [0.2, 0.25) is 0 Å². The number of nitrogens with two attached hydrogens (primary N) is 1. The minimum absolute atomic E-state index is 0.358. The van der Waals surface area contributed by atoms with E-state index in [4.69, 9.17) is 10.5 Å². The molecule has 0 aromatic heterocycles. The van der Waals surface area contributed by atoms with Crippen LogP contribution in [0.1, 0.15) is 25.3 Å². The Morgan fingerprint density at radius 1 is 1.32 bits per heavy atom. The van der Waals surface area contributed by atoms with Crippen LogP contribution in [0.3, 0.4) is 0 Å². The van der Waals surface area contributed by atoms with Gasteiger partial charge in [-0.1, -0.05) is 26.0 Å². The van der Waals surface area contributed by atoms with E-state index in [0.29, 0.717) is 30.5 Å². The van der Waals surface area contributed by atoms with Crippen molar-refractivity contribution < 1.29 is 4.74 Å². The molecule has 1 aromatic rings. The zero-order valence-corrected chi connectivity index (χ0v) is 12.7. The summed E-state index contributed by atoms with van der Waals surface area (Å²) < 4.78 is 5.40. The van der Waals surface area contributed by atoms with Crippen molar-refractivity contribution in [1.29, 1.82) is 5.26 Å². The number of benzene rings is 1. The van der Waals surface area contributed by atoms with Crippen molar-refractivity contribution >= 4 is 11.4 Å². The third kappa shape index (κ3) is 2.38. The predicted octanol–water partition coefficient (Wildman–Crippen LogP) is 2.64. The molecule has 0 atom stereocenters. The molecule has 2 aliphatic rings. The summed E-state index contributed by atoms with van der Waals surface area (Å²) in [6.45, 7) is 5.17. The first kappa shape index (κ1) is 14.4. The molecule has 2 N–H and O–H groups in total. The highest BCUT2D eigenvalue weighted by atomic mass is 16.5. The summed E-state index contributed by atoms with van der Waals surface area (Å²) in [5.74, 6) is 0.822. The number of nitriles is 1. The van der Waals surface area contributed by atoms with Crippen molar-refractivity contribution in [2.75, 3.05) is 18.2 Å². The topological polar surface area (TPSA) is 74.6 Å². The van der Waals surface area contributed by atoms with Crippen molar-refractivity contribution in [3.63, 3.8) is 0 Å². The first-order valence-electron chi connectivity index (χ1n) is 7.28. The summed E-state index contributed by atoms with van der Waals surface area (Å²) in [5.41, 5.74) is 10.2. The molecule has 0 fully saturated rings. The molecule has 1 aromatic carbocycles. The fourth-order valence-electron chi connectivity index (χ4n) is 2.56. The smallest absolute Gasteiger partial charge is 0.144 e. The van der Waals surface area contributed by atoms with Crippen LogP contribution in [0.25, 0.3) is 0 Å². The van der Waals surface area contributed by atoms with Gasteiger partial charge in [0.05, 0.1) is 24.6 Å². The first-order valence-corrected chi connectivity index (χ1v) is 7.28. The van der Waals surface area contributed by atoms with Crippen LogP contribution < -0.4 is 10.7 Å². The lowest BCUT2D eigenvalue weighted by atomic mass is 9.99. The molecule has 0 aliphatic carbocycles. The molecule has 2 aliphatic heterocycles. The molecule has 112 valence electrons. The van der Waals surface area contributed by atoms with Crippen LogP contribution in [-0.4, -0.2) is 18.9 Å². The molecule has 2 heterocycles. The van der Waals surface area contributed by atoms with Gasteiger partial charge in [0.1, 0.15) is 17.5 Å². The molecule has 0 bridgehead atoms. The highest BCUT2D eigenvalue weighted by Crippen LogP contribution is 2.29. The van der Waals surface area contributed by atoms with Gasteiger partial charge in [-0.3, -0.25) is 0 Å². The Morgan fingerprint density at radius 3 is 2.68 bits per heavy atom. The third-order valence-electron chi connectivity index (χ3n) is 3.85. The zero-order valence-electron chi connectivity index (χ0n) is 12.7. The highest BCUT2D eigenvalue weighted by molar-refractivity contribution is 6.08. The van der Waals surface area contributed by atoms with E-state index in [2.05, 4.69) is 37.2 Å². The van der Waals surface area contributed by atoms with Gasteiger partial charge in [-0.05, 0) is 29.7 Å². The molecule has 22 heavy (non-hydrogen) atoms. The van der Waals surface area contributed by atoms with Crippen LogP contribution in [0.5, 0.6) is 0 Å². The minimum atomic E-state index is 0.358. The number of anilines is 1. The fraction of sp³-hybridized carbons (Fsp3) is 0.294. The van der Waals surface area contributed by atoms with Crippen molar-refractivity contribution in [3.05, 3.63) is 52.9 Å². The Morgan fingerprint density at radius 2 is 2.05 bits per heavy atom. The second-order valence-corrected chi connectivity index (χ2v) is 5.61. The Hall–Kier alpha value is -2.58. The molecular formula is C17H18N4O. The number of nitrogens with zero attached hydrogens (tertiary/aromatic N) is 3. The fourth-order valence-corrected chi connectivity index (χ4v) is 2.56. The number of ether oxygens (including phenoxy) is 1. The molecule has 3 rings (SSSR count). The van der Waals surface area contributed by atoms with Crippen LogP contribution in [0.4, 0.5) is 5.69 Å². The van der Waals surface area contributed by atoms with E-state index in [1.807, 2.05) is 18.2 Å². The van der Waals surface area contributed by atoms with E-state index in [9.17, 15) is 5.26 Å². The van der Waals surface area contributed by atoms with E-state index in [1.54, 1.807) is 5.01 Å². The summed E-state index contributed by atoms with van der Waals surface area (Å²) in [5, 5.41) is 15.6. The lowest BCUT2D eigenvalue weighted by Gasteiger charge is -2.29. The summed E-state index contributed by atoms with van der Waals surface area (Å²) in [6.07, 6.45) is 1.85. The number of hydrogen-bond acceptors (Lipinski definition) is 5. The summed E-state index contributed by atoms with van der Waals surface area (Å²) >= 11 is 0. The molecular weight excluding hydrogens is 276 g/mol. The van der Waals surface area contributed by atoms with Gasteiger partial charge in [-0.2, -0.15) is 10.4 Å². The lowest BCUT2D eigenvalue weighted by molar-refractivity contribution is 0.199. The largest absolute Gasteiger partial charge is 0.383 e. The molecule has 5 nitrogen and oxygen atoms in total. The van der Waals surface area contributed by atoms with Crippen molar-refractivity contribution in [3.8, 4) is 6.07 Å². The van der Waals surface area contributed by atoms with Gasteiger partial charge in [0, 0.05) is 5.57 Å². The quantitative estimate of drug-likeness (QED) is 0.910. The lowest BCUT2D eigenvalue weighted by Crippen LogP contribution is -2.34. The number of rotatable bonds is 2. The molecule has 0 saturated carbocycles. The van der Waals surface area contributed by atoms with Gasteiger partial charge in [-0.25, -0.2) is 5.01 Å². The SMILES string of the molecule is CC(C)c1ccc(N2N=C3COCC=C3C(C#N)=C2N)cc1. The molecule has 0 spiro atoms. The first-order chi connectivity index (χ1) is 10.6. The van der Waals surface area contributed by atoms with Crippen LogP contribution in [0.2, 0.25) is 0 Å². The maximum Gasteiger partial charge on any atom is 0.144 e. The summed E-state index contributed by atoms with van der Waals surface area (Å²) in [6, 6.07) is 10.2. The monoisotopic (exact) mass is 294 g/mol. The normalized spacial score (nSPS) is 17.8. The van der Waals surface area contributed by atoms with E-state index < -0.39 is 0 Å². The molecule has 5 heteroatoms. The number of fused-ring (bicyclic) bond motifs is 1. The zero-order chi connectivity index (χ0) is 15.7. The number of hydrazone groups is 1. The van der Waals surface area contributed by atoms with Crippen molar-refractivity contribution in [2.45, 2.75) is 19.8 Å². The molecule has 0 amide bonds. The minimum Gasteiger partial charge on any atom is -0.383 e. The van der Waals surface area contributed by atoms with Gasteiger partial charge >= 0.3 is 0 Å². The van der Waals surface area contributed by atoms with E-state index >= 15 is 0 Å². The Kier molecular flexibility index (Phi) is 3.70. The molecule has 0 radical (unpaired) electrons. The van der Waals surface area contributed by atoms with Crippen LogP contribution in [0.15, 0.2) is 52.4 Å². The van der Waals surface area contributed by atoms with Gasteiger partial charge < -0.3 is 10.5 Å². The van der Waals surface area contributed by atoms with Crippen molar-refractivity contribution in [2.24, 2.45) is 10.8 Å². The van der Waals surface area contributed by atoms with Crippen LogP contribution >= 0.6 is 0 Å². The Bertz CT molecular complexity index is 720. The third-order valence-corrected chi connectivity index (χ3v) is 3.85. The molecule has 0 saturated heterocycles. The van der Waals surface area contributed by atoms with Gasteiger partial charge in [0.15, 0.2) is 0 Å². The second-order valence-electron chi connectivity index (χ2n) is 5.61. The number of hydrogen-bond donors (Lipinski definition) is 1. The van der Waals surface area contributed by atoms with Crippen LogP contribution in [-0.2, 0) is 4.74 Å². The highest BCUT2D eigenvalue weighted by Gasteiger charge is 2.27. The second kappa shape index (κ2) is 5.66. The van der Waals surface area contributed by atoms with E-state index in [1.165, 1.54) is 5.56 Å². The maximum absolute atomic E-state index is 9.43. The van der Waals surface area contributed by atoms with E-state index in [-0.39, 0.29) is 0 Å². The maximum atomic E-state index is 9.43. The van der Waals surface area contributed by atoms with Crippen LogP contribution in [0, 0.1) is 11.3 Å². The Balaban J connectivity index is 2.03. The summed E-state index contributed by atoms with van der Waals surface area (Å²) in [4.78, 5) is 0. The van der Waals surface area contributed by atoms with Gasteiger partial charge in [0.25, 0.3) is 0 Å². The van der Waals surface area contributed by atoms with E-state index in [0.717, 1.165) is 17.0 Å². The average molecular weight is 294 g/mol. The average Bonchev–Trinajstić information content (AvgIpc) is 2.54. The number of allylic oxidation sites excluding steroid dienone is 1. The standard InChI is InChI=1S/C17H18N4O/c1-11(2)12-3-5-13(6-4-12)21-17(19)15(9-18)14-7-8-22-10-16(14)20-21/h3-7,11H,8,10,19H2,1-2H3. The van der Waals surface area contributed by atoms with Gasteiger partial charge in [-0.15, -0.1) is 0 Å². The van der Waals surface area contributed by atoms with Crippen molar-refractivity contribution in [1.82, 2.24) is 0 Å².